The molecule has 0 saturated heterocycles. The van der Waals surface area contributed by atoms with Crippen molar-refractivity contribution in [2.24, 2.45) is 0 Å². The molecule has 0 aliphatic rings. The second kappa shape index (κ2) is 8.51. The predicted octanol–water partition coefficient (Wildman–Crippen LogP) is 3.45. The van der Waals surface area contributed by atoms with E-state index in [9.17, 15) is 19.7 Å². The second-order valence-electron chi connectivity index (χ2n) is 7.35. The third-order valence-electron chi connectivity index (χ3n) is 3.59. The molecular formula is C20H23N3O5. The fourth-order valence-electron chi connectivity index (χ4n) is 2.35. The molecule has 8 nitrogen and oxygen atoms in total. The molecule has 148 valence electrons. The lowest BCUT2D eigenvalue weighted by molar-refractivity contribution is -0.385. The van der Waals surface area contributed by atoms with Crippen LogP contribution in [0.25, 0.3) is 0 Å². The summed E-state index contributed by atoms with van der Waals surface area (Å²) in [6.45, 7) is 7.01. The molecule has 2 rings (SSSR count). The largest absolute Gasteiger partial charge is 0.477 e. The minimum atomic E-state index is -0.554. The highest BCUT2D eigenvalue weighted by Crippen LogP contribution is 2.27. The summed E-state index contributed by atoms with van der Waals surface area (Å²) >= 11 is 0. The predicted molar refractivity (Wildman–Crippen MR) is 106 cm³/mol. The molecule has 2 aromatic carbocycles. The summed E-state index contributed by atoms with van der Waals surface area (Å²) < 4.78 is 5.29. The Morgan fingerprint density at radius 2 is 1.75 bits per heavy atom. The summed E-state index contributed by atoms with van der Waals surface area (Å²) in [6.07, 6.45) is 0. The third kappa shape index (κ3) is 6.08. The average molecular weight is 385 g/mol. The highest BCUT2D eigenvalue weighted by Gasteiger charge is 2.17. The topological polar surface area (TPSA) is 111 Å². The zero-order valence-corrected chi connectivity index (χ0v) is 16.2. The van der Waals surface area contributed by atoms with Crippen molar-refractivity contribution in [3.05, 3.63) is 63.7 Å². The maximum absolute atomic E-state index is 12.1. The molecule has 0 aromatic heterocycles. The Bertz CT molecular complexity index is 886. The molecular weight excluding hydrogens is 362 g/mol. The van der Waals surface area contributed by atoms with Gasteiger partial charge in [-0.15, -0.1) is 0 Å². The molecule has 0 spiro atoms. The number of ether oxygens (including phenoxy) is 1. The van der Waals surface area contributed by atoms with E-state index in [1.165, 1.54) is 12.1 Å². The van der Waals surface area contributed by atoms with Gasteiger partial charge in [-0.3, -0.25) is 19.7 Å². The fourth-order valence-corrected chi connectivity index (χ4v) is 2.35. The Morgan fingerprint density at radius 1 is 1.11 bits per heavy atom. The first kappa shape index (κ1) is 20.9. The van der Waals surface area contributed by atoms with Crippen LogP contribution in [0.2, 0.25) is 0 Å². The molecule has 0 atom stereocenters. The average Bonchev–Trinajstić information content (AvgIpc) is 2.59. The van der Waals surface area contributed by atoms with E-state index in [0.29, 0.717) is 11.3 Å². The monoisotopic (exact) mass is 385 g/mol. The number of anilines is 1. The van der Waals surface area contributed by atoms with Crippen LogP contribution in [-0.2, 0) is 4.79 Å². The van der Waals surface area contributed by atoms with E-state index in [2.05, 4.69) is 10.6 Å². The van der Waals surface area contributed by atoms with Crippen molar-refractivity contribution < 1.29 is 19.2 Å². The number of nitrogens with zero attached hydrogens (tertiary/aromatic N) is 1. The van der Waals surface area contributed by atoms with Gasteiger partial charge in [-0.25, -0.2) is 0 Å². The van der Waals surface area contributed by atoms with Gasteiger partial charge in [0.1, 0.15) is 0 Å². The minimum absolute atomic E-state index is 0.0277. The van der Waals surface area contributed by atoms with E-state index < -0.39 is 10.8 Å². The SMILES string of the molecule is Cc1ccc(OCC(=O)Nc2ccc(C(=O)NC(C)(C)C)cc2)c([N+](=O)[O-])c1. The Morgan fingerprint density at radius 3 is 2.32 bits per heavy atom. The summed E-state index contributed by atoms with van der Waals surface area (Å²) in [7, 11) is 0. The second-order valence-corrected chi connectivity index (χ2v) is 7.35. The van der Waals surface area contributed by atoms with E-state index in [1.807, 2.05) is 20.8 Å². The van der Waals surface area contributed by atoms with Gasteiger partial charge in [0.15, 0.2) is 12.4 Å². The first-order valence-electron chi connectivity index (χ1n) is 8.65. The van der Waals surface area contributed by atoms with Crippen molar-refractivity contribution in [1.82, 2.24) is 5.32 Å². The highest BCUT2D eigenvalue weighted by atomic mass is 16.6. The lowest BCUT2D eigenvalue weighted by atomic mass is 10.1. The molecule has 28 heavy (non-hydrogen) atoms. The van der Waals surface area contributed by atoms with Gasteiger partial charge in [0.25, 0.3) is 11.8 Å². The zero-order chi connectivity index (χ0) is 20.9. The lowest BCUT2D eigenvalue weighted by Gasteiger charge is -2.20. The first-order chi connectivity index (χ1) is 13.0. The van der Waals surface area contributed by atoms with E-state index in [1.54, 1.807) is 37.3 Å². The van der Waals surface area contributed by atoms with Crippen LogP contribution in [0.3, 0.4) is 0 Å². The van der Waals surface area contributed by atoms with Gasteiger partial charge in [0.05, 0.1) is 4.92 Å². The molecule has 0 saturated carbocycles. The molecule has 2 aromatic rings. The number of hydrogen-bond acceptors (Lipinski definition) is 5. The van der Waals surface area contributed by atoms with Crippen molar-refractivity contribution in [3.8, 4) is 5.75 Å². The maximum atomic E-state index is 12.1. The zero-order valence-electron chi connectivity index (χ0n) is 16.2. The quantitative estimate of drug-likeness (QED) is 0.584. The van der Waals surface area contributed by atoms with E-state index in [4.69, 9.17) is 4.74 Å². The lowest BCUT2D eigenvalue weighted by Crippen LogP contribution is -2.40. The van der Waals surface area contributed by atoms with Crippen molar-refractivity contribution >= 4 is 23.2 Å². The fraction of sp³-hybridized carbons (Fsp3) is 0.300. The van der Waals surface area contributed by atoms with Crippen LogP contribution in [0.1, 0.15) is 36.7 Å². The summed E-state index contributed by atoms with van der Waals surface area (Å²) in [4.78, 5) is 34.7. The molecule has 8 heteroatoms. The van der Waals surface area contributed by atoms with Crippen LogP contribution in [0, 0.1) is 17.0 Å². The van der Waals surface area contributed by atoms with Crippen LogP contribution >= 0.6 is 0 Å². The van der Waals surface area contributed by atoms with Crippen molar-refractivity contribution in [1.29, 1.82) is 0 Å². The number of rotatable bonds is 6. The van der Waals surface area contributed by atoms with Gasteiger partial charge in [-0.2, -0.15) is 0 Å². The summed E-state index contributed by atoms with van der Waals surface area (Å²) in [5, 5.41) is 16.5. The molecule has 2 N–H and O–H groups in total. The number of amides is 2. The summed E-state index contributed by atoms with van der Waals surface area (Å²) in [5.41, 5.74) is 1.14. The van der Waals surface area contributed by atoms with E-state index in [0.717, 1.165) is 5.56 Å². The molecule has 0 aliphatic heterocycles. The van der Waals surface area contributed by atoms with Crippen molar-refractivity contribution in [3.63, 3.8) is 0 Å². The van der Waals surface area contributed by atoms with Gasteiger partial charge < -0.3 is 15.4 Å². The molecule has 0 fully saturated rings. The van der Waals surface area contributed by atoms with Crippen LogP contribution in [-0.4, -0.2) is 28.9 Å². The molecule has 0 radical (unpaired) electrons. The van der Waals surface area contributed by atoms with Gasteiger partial charge in [0.2, 0.25) is 0 Å². The summed E-state index contributed by atoms with van der Waals surface area (Å²) in [5.74, 6) is -0.651. The number of hydrogen-bond donors (Lipinski definition) is 2. The first-order valence-corrected chi connectivity index (χ1v) is 8.65. The number of nitrogens with one attached hydrogen (secondary N) is 2. The Kier molecular flexibility index (Phi) is 6.35. The van der Waals surface area contributed by atoms with Crippen molar-refractivity contribution in [2.75, 3.05) is 11.9 Å². The molecule has 2 amide bonds. The summed E-state index contributed by atoms with van der Waals surface area (Å²) in [6, 6.07) is 10.9. The smallest absolute Gasteiger partial charge is 0.311 e. The molecule has 0 heterocycles. The van der Waals surface area contributed by atoms with Gasteiger partial charge in [-0.05, 0) is 63.6 Å². The van der Waals surface area contributed by atoms with E-state index in [-0.39, 0.29) is 29.5 Å². The van der Waals surface area contributed by atoms with Crippen LogP contribution < -0.4 is 15.4 Å². The number of carbonyl (C=O) groups excluding carboxylic acids is 2. The van der Waals surface area contributed by atoms with Gasteiger partial charge in [0, 0.05) is 22.9 Å². The number of carbonyl (C=O) groups is 2. The van der Waals surface area contributed by atoms with Crippen LogP contribution in [0.4, 0.5) is 11.4 Å². The maximum Gasteiger partial charge on any atom is 0.311 e. The number of nitro benzene ring substituents is 1. The van der Waals surface area contributed by atoms with Gasteiger partial charge in [-0.1, -0.05) is 6.07 Å². The van der Waals surface area contributed by atoms with Crippen LogP contribution in [0.15, 0.2) is 42.5 Å². The third-order valence-corrected chi connectivity index (χ3v) is 3.59. The Hall–Kier alpha value is -3.42. The molecule has 0 bridgehead atoms. The normalized spacial score (nSPS) is 10.9. The van der Waals surface area contributed by atoms with Gasteiger partial charge >= 0.3 is 5.69 Å². The Balaban J connectivity index is 1.95. The highest BCUT2D eigenvalue weighted by molar-refractivity contribution is 5.96. The van der Waals surface area contributed by atoms with Crippen molar-refractivity contribution in [2.45, 2.75) is 33.2 Å². The van der Waals surface area contributed by atoms with Crippen LogP contribution in [0.5, 0.6) is 5.75 Å². The molecule has 0 aliphatic carbocycles. The standard InChI is InChI=1S/C20H23N3O5/c1-13-5-10-17(16(11-13)23(26)27)28-12-18(24)21-15-8-6-14(7-9-15)19(25)22-20(2,3)4/h5-11H,12H2,1-4H3,(H,21,24)(H,22,25). The number of benzene rings is 2. The Labute approximate surface area is 163 Å². The number of nitro groups is 1. The number of aryl methyl sites for hydroxylation is 1. The van der Waals surface area contributed by atoms with E-state index >= 15 is 0 Å². The minimum Gasteiger partial charge on any atom is -0.477 e. The molecule has 0 unspecified atom stereocenters.